The highest BCUT2D eigenvalue weighted by atomic mass is 79.9. The average molecular weight is 258 g/mol. The molecular weight excluding hydrogens is 245 g/mol. The number of hydrogen-bond donors (Lipinski definition) is 1. The second kappa shape index (κ2) is 3.99. The Hall–Kier alpha value is -0.410. The molecule has 0 aromatic heterocycles. The standard InChI is InChI=1S/C11H13BrFN/c12-10-8(5-2-6-9(10)13)11(14)7-3-1-4-7/h2,5-7,11H,1,3-4,14H2/t11-/m0/s1. The van der Waals surface area contributed by atoms with Crippen molar-refractivity contribution in [2.75, 3.05) is 0 Å². The summed E-state index contributed by atoms with van der Waals surface area (Å²) in [5, 5.41) is 0. The van der Waals surface area contributed by atoms with Gasteiger partial charge >= 0.3 is 0 Å². The van der Waals surface area contributed by atoms with Crippen LogP contribution in [0.3, 0.4) is 0 Å². The number of hydrogen-bond acceptors (Lipinski definition) is 1. The summed E-state index contributed by atoms with van der Waals surface area (Å²) in [6, 6.07) is 5.04. The van der Waals surface area contributed by atoms with Gasteiger partial charge in [0, 0.05) is 6.04 Å². The maximum Gasteiger partial charge on any atom is 0.137 e. The van der Waals surface area contributed by atoms with E-state index in [2.05, 4.69) is 15.9 Å². The van der Waals surface area contributed by atoms with E-state index in [0.717, 1.165) is 5.56 Å². The van der Waals surface area contributed by atoms with E-state index in [4.69, 9.17) is 5.73 Å². The Morgan fingerprint density at radius 1 is 1.43 bits per heavy atom. The van der Waals surface area contributed by atoms with E-state index in [0.29, 0.717) is 10.4 Å². The number of rotatable bonds is 2. The van der Waals surface area contributed by atoms with Crippen LogP contribution in [0.2, 0.25) is 0 Å². The van der Waals surface area contributed by atoms with Gasteiger partial charge in [-0.2, -0.15) is 0 Å². The summed E-state index contributed by atoms with van der Waals surface area (Å²) in [6.07, 6.45) is 3.60. The van der Waals surface area contributed by atoms with Crippen LogP contribution in [0.4, 0.5) is 4.39 Å². The smallest absolute Gasteiger partial charge is 0.137 e. The predicted octanol–water partition coefficient (Wildman–Crippen LogP) is 3.39. The molecule has 0 bridgehead atoms. The van der Waals surface area contributed by atoms with Crippen LogP contribution >= 0.6 is 15.9 Å². The summed E-state index contributed by atoms with van der Waals surface area (Å²) < 4.78 is 13.7. The maximum atomic E-state index is 13.2. The van der Waals surface area contributed by atoms with Gasteiger partial charge in [-0.25, -0.2) is 4.39 Å². The molecule has 14 heavy (non-hydrogen) atoms. The molecule has 0 spiro atoms. The zero-order valence-corrected chi connectivity index (χ0v) is 9.43. The van der Waals surface area contributed by atoms with Crippen molar-refractivity contribution in [2.45, 2.75) is 25.3 Å². The Morgan fingerprint density at radius 3 is 2.71 bits per heavy atom. The normalized spacial score (nSPS) is 19.1. The Morgan fingerprint density at radius 2 is 2.14 bits per heavy atom. The van der Waals surface area contributed by atoms with E-state index >= 15 is 0 Å². The molecule has 3 heteroatoms. The van der Waals surface area contributed by atoms with E-state index in [1.54, 1.807) is 6.07 Å². The maximum absolute atomic E-state index is 13.2. The molecule has 1 saturated carbocycles. The summed E-state index contributed by atoms with van der Waals surface area (Å²) in [5.74, 6) is 0.311. The quantitative estimate of drug-likeness (QED) is 0.864. The van der Waals surface area contributed by atoms with Gasteiger partial charge in [0.25, 0.3) is 0 Å². The minimum atomic E-state index is -0.225. The van der Waals surface area contributed by atoms with Gasteiger partial charge in [0.2, 0.25) is 0 Å². The number of benzene rings is 1. The first kappa shape index (κ1) is 10.1. The molecule has 1 aliphatic rings. The van der Waals surface area contributed by atoms with Crippen LogP contribution in [0, 0.1) is 11.7 Å². The van der Waals surface area contributed by atoms with Crippen molar-refractivity contribution in [1.29, 1.82) is 0 Å². The zero-order chi connectivity index (χ0) is 10.1. The van der Waals surface area contributed by atoms with Crippen LogP contribution in [0.15, 0.2) is 22.7 Å². The third kappa shape index (κ3) is 1.71. The molecule has 1 aromatic rings. The fraction of sp³-hybridized carbons (Fsp3) is 0.455. The molecule has 1 atom stereocenters. The van der Waals surface area contributed by atoms with Crippen LogP contribution in [-0.4, -0.2) is 0 Å². The summed E-state index contributed by atoms with van der Waals surface area (Å²) in [4.78, 5) is 0. The lowest BCUT2D eigenvalue weighted by molar-refractivity contribution is 0.263. The van der Waals surface area contributed by atoms with E-state index < -0.39 is 0 Å². The molecule has 1 aromatic carbocycles. The van der Waals surface area contributed by atoms with Crippen LogP contribution in [0.5, 0.6) is 0 Å². The van der Waals surface area contributed by atoms with Gasteiger partial charge in [-0.15, -0.1) is 0 Å². The molecule has 0 aliphatic heterocycles. The highest BCUT2D eigenvalue weighted by Gasteiger charge is 2.27. The molecule has 1 fully saturated rings. The molecular formula is C11H13BrFN. The van der Waals surface area contributed by atoms with Crippen molar-refractivity contribution in [3.63, 3.8) is 0 Å². The Bertz CT molecular complexity index is 336. The SMILES string of the molecule is N[C@H](c1cccc(F)c1Br)C1CCC1. The topological polar surface area (TPSA) is 26.0 Å². The minimum absolute atomic E-state index is 0.0196. The van der Waals surface area contributed by atoms with Crippen molar-refractivity contribution < 1.29 is 4.39 Å². The monoisotopic (exact) mass is 257 g/mol. The summed E-state index contributed by atoms with van der Waals surface area (Å²) in [7, 11) is 0. The molecule has 0 heterocycles. The first-order valence-electron chi connectivity index (χ1n) is 4.89. The van der Waals surface area contributed by atoms with E-state index in [9.17, 15) is 4.39 Å². The van der Waals surface area contributed by atoms with Gasteiger partial charge in [0.1, 0.15) is 5.82 Å². The molecule has 1 nitrogen and oxygen atoms in total. The Kier molecular flexibility index (Phi) is 2.88. The van der Waals surface area contributed by atoms with Crippen LogP contribution in [0.25, 0.3) is 0 Å². The molecule has 0 amide bonds. The molecule has 1 aliphatic carbocycles. The summed E-state index contributed by atoms with van der Waals surface area (Å²) >= 11 is 3.25. The Balaban J connectivity index is 2.26. The highest BCUT2D eigenvalue weighted by Crippen LogP contribution is 2.38. The van der Waals surface area contributed by atoms with Gasteiger partial charge in [-0.1, -0.05) is 18.6 Å². The number of halogens is 2. The van der Waals surface area contributed by atoms with E-state index in [1.807, 2.05) is 6.07 Å². The summed E-state index contributed by atoms with van der Waals surface area (Å²) in [5.41, 5.74) is 6.97. The molecule has 2 rings (SSSR count). The van der Waals surface area contributed by atoms with Crippen molar-refractivity contribution in [3.8, 4) is 0 Å². The lowest BCUT2D eigenvalue weighted by atomic mass is 9.77. The first-order chi connectivity index (χ1) is 6.70. The number of nitrogens with two attached hydrogens (primary N) is 1. The minimum Gasteiger partial charge on any atom is -0.324 e. The molecule has 2 N–H and O–H groups in total. The third-order valence-electron chi connectivity index (χ3n) is 3.00. The molecule has 0 saturated heterocycles. The Labute approximate surface area is 91.6 Å². The van der Waals surface area contributed by atoms with Crippen LogP contribution < -0.4 is 5.73 Å². The van der Waals surface area contributed by atoms with Gasteiger partial charge in [0.15, 0.2) is 0 Å². The van der Waals surface area contributed by atoms with E-state index in [-0.39, 0.29) is 11.9 Å². The zero-order valence-electron chi connectivity index (χ0n) is 7.84. The summed E-state index contributed by atoms with van der Waals surface area (Å²) in [6.45, 7) is 0. The van der Waals surface area contributed by atoms with Crippen LogP contribution in [0.1, 0.15) is 30.9 Å². The van der Waals surface area contributed by atoms with Gasteiger partial charge < -0.3 is 5.73 Å². The van der Waals surface area contributed by atoms with Crippen molar-refractivity contribution in [3.05, 3.63) is 34.1 Å². The third-order valence-corrected chi connectivity index (χ3v) is 3.83. The van der Waals surface area contributed by atoms with Crippen molar-refractivity contribution in [2.24, 2.45) is 11.7 Å². The predicted molar refractivity (Wildman–Crippen MR) is 58.4 cm³/mol. The van der Waals surface area contributed by atoms with Crippen LogP contribution in [-0.2, 0) is 0 Å². The molecule has 76 valence electrons. The van der Waals surface area contributed by atoms with Gasteiger partial charge in [-0.05, 0) is 46.3 Å². The lowest BCUT2D eigenvalue weighted by Crippen LogP contribution is -2.27. The lowest BCUT2D eigenvalue weighted by Gasteiger charge is -2.32. The van der Waals surface area contributed by atoms with Crippen molar-refractivity contribution >= 4 is 15.9 Å². The van der Waals surface area contributed by atoms with Gasteiger partial charge in [0.05, 0.1) is 4.47 Å². The average Bonchev–Trinajstić information content (AvgIpc) is 2.06. The van der Waals surface area contributed by atoms with E-state index in [1.165, 1.54) is 25.3 Å². The second-order valence-electron chi connectivity index (χ2n) is 3.86. The molecule has 0 unspecified atom stereocenters. The second-order valence-corrected chi connectivity index (χ2v) is 4.65. The fourth-order valence-electron chi connectivity index (χ4n) is 1.83. The molecule has 0 radical (unpaired) electrons. The van der Waals surface area contributed by atoms with Crippen molar-refractivity contribution in [1.82, 2.24) is 0 Å². The highest BCUT2D eigenvalue weighted by molar-refractivity contribution is 9.10. The fourth-order valence-corrected chi connectivity index (χ4v) is 2.36. The first-order valence-corrected chi connectivity index (χ1v) is 5.69. The van der Waals surface area contributed by atoms with Gasteiger partial charge in [-0.3, -0.25) is 0 Å². The largest absolute Gasteiger partial charge is 0.324 e.